The second kappa shape index (κ2) is 11.6. The van der Waals surface area contributed by atoms with E-state index in [2.05, 4.69) is 10.6 Å². The zero-order valence-electron chi connectivity index (χ0n) is 19.5. The molecule has 0 atom stereocenters. The predicted molar refractivity (Wildman–Crippen MR) is 136 cm³/mol. The number of hydrogen-bond donors (Lipinski definition) is 2. The maximum Gasteiger partial charge on any atom is 0.321 e. The lowest BCUT2D eigenvalue weighted by Gasteiger charge is -2.32. The molecule has 0 aliphatic carbocycles. The maximum absolute atomic E-state index is 12.8. The zero-order valence-corrected chi connectivity index (χ0v) is 20.3. The van der Waals surface area contributed by atoms with Crippen LogP contribution in [0.15, 0.2) is 72.8 Å². The summed E-state index contributed by atoms with van der Waals surface area (Å²) in [6.07, 6.45) is 1.38. The molecule has 1 saturated heterocycles. The molecule has 1 heterocycles. The van der Waals surface area contributed by atoms with E-state index >= 15 is 0 Å². The molecule has 2 N–H and O–H groups in total. The van der Waals surface area contributed by atoms with Gasteiger partial charge in [-0.3, -0.25) is 4.79 Å². The second-order valence-electron chi connectivity index (χ2n) is 8.31. The summed E-state index contributed by atoms with van der Waals surface area (Å²) in [4.78, 5) is 27.1. The summed E-state index contributed by atoms with van der Waals surface area (Å²) in [5.74, 6) is 0.857. The van der Waals surface area contributed by atoms with Crippen molar-refractivity contribution < 1.29 is 19.1 Å². The number of likely N-dealkylation sites (tertiary alicyclic amines) is 1. The summed E-state index contributed by atoms with van der Waals surface area (Å²) in [7, 11) is 1.54. The first-order chi connectivity index (χ1) is 17.0. The molecule has 1 fully saturated rings. The van der Waals surface area contributed by atoms with Crippen molar-refractivity contribution >= 4 is 29.2 Å². The van der Waals surface area contributed by atoms with E-state index in [1.54, 1.807) is 30.2 Å². The van der Waals surface area contributed by atoms with Gasteiger partial charge in [0.05, 0.1) is 7.11 Å². The van der Waals surface area contributed by atoms with Crippen molar-refractivity contribution in [3.05, 3.63) is 88.9 Å². The maximum atomic E-state index is 12.8. The Kier molecular flexibility index (Phi) is 8.11. The Hall–Kier alpha value is -3.71. The largest absolute Gasteiger partial charge is 0.493 e. The quantitative estimate of drug-likeness (QED) is 0.464. The minimum atomic E-state index is -0.181. The van der Waals surface area contributed by atoms with Gasteiger partial charge in [-0.05, 0) is 60.9 Å². The number of ether oxygens (including phenoxy) is 2. The zero-order chi connectivity index (χ0) is 24.6. The van der Waals surface area contributed by atoms with Gasteiger partial charge in [0.1, 0.15) is 6.61 Å². The number of carbonyl (C=O) groups is 2. The third-order valence-corrected chi connectivity index (χ3v) is 6.13. The molecular formula is C27H28ClN3O4. The number of amides is 3. The van der Waals surface area contributed by atoms with Crippen LogP contribution in [0.2, 0.25) is 5.02 Å². The van der Waals surface area contributed by atoms with Crippen LogP contribution < -0.4 is 20.1 Å². The van der Waals surface area contributed by atoms with E-state index in [0.717, 1.165) is 11.3 Å². The summed E-state index contributed by atoms with van der Waals surface area (Å²) in [6, 6.07) is 21.8. The number of anilines is 1. The van der Waals surface area contributed by atoms with Crippen LogP contribution in [0.5, 0.6) is 11.5 Å². The number of benzene rings is 3. The van der Waals surface area contributed by atoms with E-state index in [1.807, 2.05) is 54.6 Å². The molecular weight excluding hydrogens is 466 g/mol. The molecule has 0 bridgehead atoms. The molecule has 0 unspecified atom stereocenters. The monoisotopic (exact) mass is 493 g/mol. The second-order valence-corrected chi connectivity index (χ2v) is 8.75. The summed E-state index contributed by atoms with van der Waals surface area (Å²) in [6.45, 7) is 1.50. The molecule has 3 amide bonds. The van der Waals surface area contributed by atoms with E-state index in [-0.39, 0.29) is 18.0 Å². The highest BCUT2D eigenvalue weighted by Gasteiger charge is 2.24. The normalized spacial score (nSPS) is 13.7. The molecule has 0 aromatic heterocycles. The molecule has 1 aliphatic rings. The minimum Gasteiger partial charge on any atom is -0.493 e. The fourth-order valence-electron chi connectivity index (χ4n) is 3.89. The minimum absolute atomic E-state index is 0.00454. The van der Waals surface area contributed by atoms with Gasteiger partial charge in [0, 0.05) is 35.4 Å². The van der Waals surface area contributed by atoms with Crippen LogP contribution in [0.4, 0.5) is 10.5 Å². The van der Waals surface area contributed by atoms with Crippen molar-refractivity contribution in [1.82, 2.24) is 10.2 Å². The van der Waals surface area contributed by atoms with Gasteiger partial charge in [0.25, 0.3) is 5.91 Å². The molecule has 0 spiro atoms. The van der Waals surface area contributed by atoms with Crippen molar-refractivity contribution in [3.8, 4) is 11.5 Å². The van der Waals surface area contributed by atoms with Crippen LogP contribution in [-0.2, 0) is 6.61 Å². The van der Waals surface area contributed by atoms with Gasteiger partial charge in [0.2, 0.25) is 0 Å². The van der Waals surface area contributed by atoms with Crippen LogP contribution in [0.1, 0.15) is 28.8 Å². The first-order valence-electron chi connectivity index (χ1n) is 11.5. The number of halogens is 1. The molecule has 35 heavy (non-hydrogen) atoms. The lowest BCUT2D eigenvalue weighted by molar-refractivity contribution is 0.0919. The average molecular weight is 494 g/mol. The van der Waals surface area contributed by atoms with Crippen molar-refractivity contribution in [1.29, 1.82) is 0 Å². The highest BCUT2D eigenvalue weighted by molar-refractivity contribution is 6.30. The number of methoxy groups -OCH3 is 1. The van der Waals surface area contributed by atoms with Gasteiger partial charge in [0.15, 0.2) is 11.5 Å². The fourth-order valence-corrected chi connectivity index (χ4v) is 4.02. The highest BCUT2D eigenvalue weighted by atomic mass is 35.5. The fraction of sp³-hybridized carbons (Fsp3) is 0.259. The number of urea groups is 1. The summed E-state index contributed by atoms with van der Waals surface area (Å²) >= 11 is 5.93. The van der Waals surface area contributed by atoms with E-state index < -0.39 is 0 Å². The lowest BCUT2D eigenvalue weighted by Crippen LogP contribution is -2.47. The van der Waals surface area contributed by atoms with Gasteiger partial charge in [-0.1, -0.05) is 41.9 Å². The summed E-state index contributed by atoms with van der Waals surface area (Å²) in [5, 5.41) is 6.64. The van der Waals surface area contributed by atoms with Crippen LogP contribution in [0.3, 0.4) is 0 Å². The third-order valence-electron chi connectivity index (χ3n) is 5.88. The Morgan fingerprint density at radius 2 is 1.69 bits per heavy atom. The number of piperidine rings is 1. The molecule has 0 radical (unpaired) electrons. The van der Waals surface area contributed by atoms with E-state index in [9.17, 15) is 9.59 Å². The average Bonchev–Trinajstić information content (AvgIpc) is 2.89. The SMILES string of the molecule is COc1cc(C(=O)NC2CCN(C(=O)Nc3ccccc3)CC2)ccc1OCc1ccc(Cl)cc1. The van der Waals surface area contributed by atoms with Crippen molar-refractivity contribution in [2.24, 2.45) is 0 Å². The molecule has 0 saturated carbocycles. The molecule has 4 rings (SSSR count). The number of rotatable bonds is 7. The van der Waals surface area contributed by atoms with Gasteiger partial charge in [-0.25, -0.2) is 4.79 Å². The topological polar surface area (TPSA) is 79.9 Å². The van der Waals surface area contributed by atoms with Crippen LogP contribution >= 0.6 is 11.6 Å². The van der Waals surface area contributed by atoms with Crippen molar-refractivity contribution in [2.75, 3.05) is 25.5 Å². The number of hydrogen-bond acceptors (Lipinski definition) is 4. The lowest BCUT2D eigenvalue weighted by atomic mass is 10.0. The number of para-hydroxylation sites is 1. The molecule has 7 nitrogen and oxygen atoms in total. The molecule has 3 aromatic rings. The van der Waals surface area contributed by atoms with Crippen LogP contribution in [0, 0.1) is 0 Å². The van der Waals surface area contributed by atoms with E-state index in [0.29, 0.717) is 54.6 Å². The molecule has 3 aromatic carbocycles. The number of nitrogens with one attached hydrogen (secondary N) is 2. The molecule has 8 heteroatoms. The highest BCUT2D eigenvalue weighted by Crippen LogP contribution is 2.29. The predicted octanol–water partition coefficient (Wildman–Crippen LogP) is 5.35. The number of carbonyl (C=O) groups excluding carboxylic acids is 2. The van der Waals surface area contributed by atoms with E-state index in [4.69, 9.17) is 21.1 Å². The Labute approximate surface area is 210 Å². The van der Waals surface area contributed by atoms with E-state index in [1.165, 1.54) is 0 Å². The smallest absolute Gasteiger partial charge is 0.321 e. The Balaban J connectivity index is 1.28. The Morgan fingerprint density at radius 1 is 0.971 bits per heavy atom. The van der Waals surface area contributed by atoms with Gasteiger partial charge < -0.3 is 25.0 Å². The van der Waals surface area contributed by atoms with Crippen LogP contribution in [-0.4, -0.2) is 43.1 Å². The van der Waals surface area contributed by atoms with Crippen molar-refractivity contribution in [3.63, 3.8) is 0 Å². The summed E-state index contributed by atoms with van der Waals surface area (Å²) in [5.41, 5.74) is 2.23. The standard InChI is InChI=1S/C27H28ClN3O4/c1-34-25-17-20(9-12-24(25)35-18-19-7-10-21(28)11-8-19)26(32)29-23-13-15-31(16-14-23)27(33)30-22-5-3-2-4-6-22/h2-12,17,23H,13-16,18H2,1H3,(H,29,32)(H,30,33). The third kappa shape index (κ3) is 6.67. The molecule has 182 valence electrons. The Morgan fingerprint density at radius 3 is 2.37 bits per heavy atom. The van der Waals surface area contributed by atoms with Gasteiger partial charge >= 0.3 is 6.03 Å². The first-order valence-corrected chi connectivity index (χ1v) is 11.9. The Bertz CT molecular complexity index is 1150. The summed E-state index contributed by atoms with van der Waals surface area (Å²) < 4.78 is 11.3. The number of nitrogens with zero attached hydrogens (tertiary/aromatic N) is 1. The van der Waals surface area contributed by atoms with Crippen molar-refractivity contribution in [2.45, 2.75) is 25.5 Å². The van der Waals surface area contributed by atoms with Crippen LogP contribution in [0.25, 0.3) is 0 Å². The molecule has 1 aliphatic heterocycles. The van der Waals surface area contributed by atoms with Gasteiger partial charge in [-0.15, -0.1) is 0 Å². The first kappa shape index (κ1) is 24.4. The van der Waals surface area contributed by atoms with Gasteiger partial charge in [-0.2, -0.15) is 0 Å².